The fourth-order valence-corrected chi connectivity index (χ4v) is 3.40. The summed E-state index contributed by atoms with van der Waals surface area (Å²) >= 11 is 0. The maximum atomic E-state index is 12.4. The van der Waals surface area contributed by atoms with Gasteiger partial charge in [0.05, 0.1) is 0 Å². The van der Waals surface area contributed by atoms with Gasteiger partial charge in [0.2, 0.25) is 0 Å². The number of hydrogen-bond donors (Lipinski definition) is 0. The van der Waals surface area contributed by atoms with Crippen LogP contribution in [-0.2, 0) is 14.6 Å². The predicted octanol–water partition coefficient (Wildman–Crippen LogP) is 3.54. The number of sulfone groups is 1. The van der Waals surface area contributed by atoms with Crippen molar-refractivity contribution in [2.45, 2.75) is 25.2 Å². The van der Waals surface area contributed by atoms with Crippen molar-refractivity contribution in [2.75, 3.05) is 5.75 Å². The number of ketones is 1. The van der Waals surface area contributed by atoms with Crippen molar-refractivity contribution in [1.82, 2.24) is 0 Å². The molecule has 0 atom stereocenters. The molecule has 0 amide bonds. The van der Waals surface area contributed by atoms with Gasteiger partial charge in [-0.15, -0.1) is 0 Å². The predicted molar refractivity (Wildman–Crippen MR) is 85.0 cm³/mol. The van der Waals surface area contributed by atoms with E-state index in [9.17, 15) is 13.2 Å². The Morgan fingerprint density at radius 2 is 1.68 bits per heavy atom. The van der Waals surface area contributed by atoms with Gasteiger partial charge in [0, 0.05) is 6.42 Å². The third kappa shape index (κ3) is 3.95. The smallest absolute Gasteiger partial charge is 0.189 e. The molecule has 0 aliphatic rings. The lowest BCUT2D eigenvalue weighted by molar-refractivity contribution is -0.116. The number of rotatable bonds is 6. The molecule has 0 aliphatic heterocycles. The van der Waals surface area contributed by atoms with E-state index >= 15 is 0 Å². The van der Waals surface area contributed by atoms with Crippen LogP contribution >= 0.6 is 0 Å². The molecule has 2 rings (SSSR count). The van der Waals surface area contributed by atoms with E-state index in [1.54, 1.807) is 37.3 Å². The van der Waals surface area contributed by atoms with Crippen molar-refractivity contribution >= 4 is 15.6 Å². The number of carbonyl (C=O) groups excluding carboxylic acids is 1. The Hall–Kier alpha value is -2.14. The number of benzene rings is 2. The minimum Gasteiger partial charge on any atom is -0.456 e. The minimum absolute atomic E-state index is 0.0392. The van der Waals surface area contributed by atoms with E-state index in [0.29, 0.717) is 5.75 Å². The number of carbonyl (C=O) groups is 1. The molecule has 22 heavy (non-hydrogen) atoms. The molecule has 5 heteroatoms. The van der Waals surface area contributed by atoms with Crippen molar-refractivity contribution in [1.29, 1.82) is 0 Å². The zero-order valence-corrected chi connectivity index (χ0v) is 13.4. The number of para-hydroxylation sites is 1. The summed E-state index contributed by atoms with van der Waals surface area (Å²) in [5.74, 6) is -0.0342. The van der Waals surface area contributed by atoms with E-state index in [2.05, 4.69) is 0 Å². The Balaban J connectivity index is 2.34. The fraction of sp³-hybridized carbons (Fsp3) is 0.235. The lowest BCUT2D eigenvalue weighted by atomic mass is 10.2. The minimum atomic E-state index is -3.71. The Morgan fingerprint density at radius 3 is 2.32 bits per heavy atom. The van der Waals surface area contributed by atoms with Crippen LogP contribution in [0.5, 0.6) is 11.5 Å². The molecule has 4 nitrogen and oxygen atoms in total. The van der Waals surface area contributed by atoms with Gasteiger partial charge in [-0.25, -0.2) is 8.42 Å². The van der Waals surface area contributed by atoms with Crippen molar-refractivity contribution in [3.8, 4) is 11.5 Å². The van der Waals surface area contributed by atoms with Crippen LogP contribution < -0.4 is 4.74 Å². The third-order valence-corrected chi connectivity index (χ3v) is 4.89. The average Bonchev–Trinajstić information content (AvgIpc) is 2.49. The summed E-state index contributed by atoms with van der Waals surface area (Å²) in [6.45, 7) is 3.60. The lowest BCUT2D eigenvalue weighted by Gasteiger charge is -2.11. The first-order chi connectivity index (χ1) is 10.4. The van der Waals surface area contributed by atoms with Crippen LogP contribution in [0.4, 0.5) is 0 Å². The lowest BCUT2D eigenvalue weighted by Crippen LogP contribution is -2.15. The highest BCUT2D eigenvalue weighted by Crippen LogP contribution is 2.29. The van der Waals surface area contributed by atoms with Crippen LogP contribution in [0.1, 0.15) is 18.9 Å². The van der Waals surface area contributed by atoms with Gasteiger partial charge in [-0.2, -0.15) is 0 Å². The Morgan fingerprint density at radius 1 is 1.05 bits per heavy atom. The molecule has 0 N–H and O–H groups in total. The maximum absolute atomic E-state index is 12.4. The Labute approximate surface area is 130 Å². The van der Waals surface area contributed by atoms with Gasteiger partial charge in [0.1, 0.15) is 27.9 Å². The molecule has 0 saturated carbocycles. The molecule has 116 valence electrons. The molecular weight excluding hydrogens is 300 g/mol. The molecule has 2 aromatic rings. The zero-order chi connectivity index (χ0) is 16.2. The van der Waals surface area contributed by atoms with Crippen LogP contribution in [0.3, 0.4) is 0 Å². The van der Waals surface area contributed by atoms with E-state index in [1.165, 1.54) is 6.07 Å². The van der Waals surface area contributed by atoms with Gasteiger partial charge in [-0.05, 0) is 31.2 Å². The van der Waals surface area contributed by atoms with Gasteiger partial charge >= 0.3 is 0 Å². The average molecular weight is 318 g/mol. The highest BCUT2D eigenvalue weighted by atomic mass is 32.2. The molecule has 0 bridgehead atoms. The number of ether oxygens (including phenoxy) is 1. The highest BCUT2D eigenvalue weighted by molar-refractivity contribution is 7.92. The summed E-state index contributed by atoms with van der Waals surface area (Å²) in [5, 5.41) is 0. The van der Waals surface area contributed by atoms with E-state index in [1.807, 2.05) is 19.1 Å². The molecular formula is C17H18O4S. The van der Waals surface area contributed by atoms with Crippen LogP contribution in [0, 0.1) is 6.92 Å². The summed E-state index contributed by atoms with van der Waals surface area (Å²) < 4.78 is 30.4. The van der Waals surface area contributed by atoms with Crippen molar-refractivity contribution in [2.24, 2.45) is 0 Å². The van der Waals surface area contributed by atoms with Crippen LogP contribution in [0.25, 0.3) is 0 Å². The molecule has 0 saturated heterocycles. The second-order valence-electron chi connectivity index (χ2n) is 5.01. The Kier molecular flexibility index (Phi) is 4.98. The topological polar surface area (TPSA) is 60.4 Å². The Bertz CT molecular complexity index is 762. The first-order valence-corrected chi connectivity index (χ1v) is 8.65. The molecule has 0 unspecified atom stereocenters. The molecule has 0 heterocycles. The normalized spacial score (nSPS) is 11.2. The molecule has 2 aromatic carbocycles. The zero-order valence-electron chi connectivity index (χ0n) is 12.6. The van der Waals surface area contributed by atoms with E-state index < -0.39 is 15.6 Å². The third-order valence-electron chi connectivity index (χ3n) is 3.18. The first kappa shape index (κ1) is 16.2. The van der Waals surface area contributed by atoms with Gasteiger partial charge in [0.15, 0.2) is 9.84 Å². The van der Waals surface area contributed by atoms with E-state index in [-0.39, 0.29) is 22.8 Å². The van der Waals surface area contributed by atoms with Gasteiger partial charge < -0.3 is 4.74 Å². The fourth-order valence-electron chi connectivity index (χ4n) is 1.92. The van der Waals surface area contributed by atoms with E-state index in [4.69, 9.17) is 4.74 Å². The maximum Gasteiger partial charge on any atom is 0.189 e. The number of Topliss-reactive ketones (excluding diaryl/α,β-unsaturated/α-hetero) is 1. The van der Waals surface area contributed by atoms with Crippen molar-refractivity contribution in [3.05, 3.63) is 54.1 Å². The van der Waals surface area contributed by atoms with Crippen molar-refractivity contribution < 1.29 is 17.9 Å². The summed E-state index contributed by atoms with van der Waals surface area (Å²) in [7, 11) is -3.71. The second-order valence-corrected chi connectivity index (χ2v) is 6.97. The van der Waals surface area contributed by atoms with Gasteiger partial charge in [-0.3, -0.25) is 4.79 Å². The quantitative estimate of drug-likeness (QED) is 0.817. The molecule has 0 radical (unpaired) electrons. The molecule has 0 aromatic heterocycles. The van der Waals surface area contributed by atoms with Gasteiger partial charge in [-0.1, -0.05) is 36.8 Å². The van der Waals surface area contributed by atoms with Gasteiger partial charge in [0.25, 0.3) is 0 Å². The molecule has 0 aliphatic carbocycles. The van der Waals surface area contributed by atoms with Crippen molar-refractivity contribution in [3.63, 3.8) is 0 Å². The summed E-state index contributed by atoms with van der Waals surface area (Å²) in [4.78, 5) is 11.5. The SMILES string of the molecule is CCC(=O)CS(=O)(=O)c1ccccc1Oc1ccc(C)cc1. The molecule has 0 spiro atoms. The highest BCUT2D eigenvalue weighted by Gasteiger charge is 2.22. The summed E-state index contributed by atoms with van der Waals surface area (Å²) in [5.41, 5.74) is 1.08. The van der Waals surface area contributed by atoms with Crippen LogP contribution in [-0.4, -0.2) is 20.0 Å². The first-order valence-electron chi connectivity index (χ1n) is 7.00. The molecule has 0 fully saturated rings. The van der Waals surface area contributed by atoms with E-state index in [0.717, 1.165) is 5.56 Å². The standard InChI is InChI=1S/C17H18O4S/c1-3-14(18)12-22(19,20)17-7-5-4-6-16(17)21-15-10-8-13(2)9-11-15/h4-11H,3,12H2,1-2H3. The number of aryl methyl sites for hydroxylation is 1. The summed E-state index contributed by atoms with van der Waals surface area (Å²) in [6.07, 6.45) is 0.195. The summed E-state index contributed by atoms with van der Waals surface area (Å²) in [6, 6.07) is 13.7. The number of hydrogen-bond acceptors (Lipinski definition) is 4. The van der Waals surface area contributed by atoms with Crippen LogP contribution in [0.2, 0.25) is 0 Å². The largest absolute Gasteiger partial charge is 0.456 e. The second kappa shape index (κ2) is 6.75. The van der Waals surface area contributed by atoms with Crippen LogP contribution in [0.15, 0.2) is 53.4 Å². The monoisotopic (exact) mass is 318 g/mol.